The second-order valence-corrected chi connectivity index (χ2v) is 6.41. The fourth-order valence-corrected chi connectivity index (χ4v) is 3.85. The van der Waals surface area contributed by atoms with Gasteiger partial charge in [-0.2, -0.15) is 4.31 Å². The van der Waals surface area contributed by atoms with E-state index in [1.807, 2.05) is 6.92 Å². The number of amides is 1. The Kier molecular flexibility index (Phi) is 6.04. The van der Waals surface area contributed by atoms with Gasteiger partial charge in [0, 0.05) is 20.2 Å². The van der Waals surface area contributed by atoms with Crippen molar-refractivity contribution >= 4 is 15.9 Å². The predicted molar refractivity (Wildman–Crippen MR) is 68.7 cm³/mol. The summed E-state index contributed by atoms with van der Waals surface area (Å²) in [5.74, 6) is -0.112. The molecule has 106 valence electrons. The Morgan fingerprint density at radius 3 is 2.83 bits per heavy atom. The van der Waals surface area contributed by atoms with Gasteiger partial charge in [0.15, 0.2) is 0 Å². The van der Waals surface area contributed by atoms with Gasteiger partial charge in [-0.15, -0.1) is 0 Å². The number of rotatable bonds is 7. The maximum atomic E-state index is 12.0. The minimum Gasteiger partial charge on any atom is -0.383 e. The third kappa shape index (κ3) is 3.93. The summed E-state index contributed by atoms with van der Waals surface area (Å²) in [5.41, 5.74) is 0. The average Bonchev–Trinajstić information content (AvgIpc) is 2.78. The molecule has 0 spiro atoms. The number of hydrogen-bond donors (Lipinski definition) is 1. The highest BCUT2D eigenvalue weighted by atomic mass is 32.2. The van der Waals surface area contributed by atoms with Gasteiger partial charge in [0.2, 0.25) is 15.9 Å². The topological polar surface area (TPSA) is 75.7 Å². The normalized spacial score (nSPS) is 21.1. The predicted octanol–water partition coefficient (Wildman–Crippen LogP) is -0.0468. The van der Waals surface area contributed by atoms with Crippen molar-refractivity contribution < 1.29 is 17.9 Å². The SMILES string of the molecule is CCCS(=O)(=O)N1CCCC1C(=O)NCCOC. The smallest absolute Gasteiger partial charge is 0.238 e. The summed E-state index contributed by atoms with van der Waals surface area (Å²) in [6.45, 7) is 3.11. The molecule has 1 aliphatic rings. The molecule has 0 aromatic rings. The van der Waals surface area contributed by atoms with Crippen LogP contribution in [0.1, 0.15) is 26.2 Å². The van der Waals surface area contributed by atoms with Crippen LogP contribution in [-0.2, 0) is 19.6 Å². The number of ether oxygens (including phenoxy) is 1. The maximum Gasteiger partial charge on any atom is 0.238 e. The largest absolute Gasteiger partial charge is 0.383 e. The molecule has 1 saturated heterocycles. The van der Waals surface area contributed by atoms with Crippen LogP contribution in [-0.4, -0.2) is 57.2 Å². The van der Waals surface area contributed by atoms with Gasteiger partial charge in [-0.25, -0.2) is 8.42 Å². The Bertz CT molecular complexity index is 369. The summed E-state index contributed by atoms with van der Waals surface area (Å²) in [6.07, 6.45) is 1.91. The molecule has 0 radical (unpaired) electrons. The molecule has 1 heterocycles. The molecule has 6 nitrogen and oxygen atoms in total. The fourth-order valence-electron chi connectivity index (χ4n) is 2.10. The zero-order valence-corrected chi connectivity index (χ0v) is 11.8. The van der Waals surface area contributed by atoms with E-state index in [0.717, 1.165) is 6.42 Å². The van der Waals surface area contributed by atoms with E-state index in [2.05, 4.69) is 5.32 Å². The molecule has 1 rings (SSSR count). The number of hydrogen-bond acceptors (Lipinski definition) is 4. The second kappa shape index (κ2) is 7.06. The summed E-state index contributed by atoms with van der Waals surface area (Å²) in [7, 11) is -1.74. The first-order chi connectivity index (χ1) is 8.53. The van der Waals surface area contributed by atoms with E-state index in [4.69, 9.17) is 4.74 Å². The lowest BCUT2D eigenvalue weighted by molar-refractivity contribution is -0.124. The molecular weight excluding hydrogens is 256 g/mol. The lowest BCUT2D eigenvalue weighted by Crippen LogP contribution is -2.47. The number of carbonyl (C=O) groups excluding carboxylic acids is 1. The van der Waals surface area contributed by atoms with Crippen molar-refractivity contribution in [1.29, 1.82) is 0 Å². The Hall–Kier alpha value is -0.660. The molecule has 0 aromatic carbocycles. The van der Waals surface area contributed by atoms with Crippen LogP contribution in [0.2, 0.25) is 0 Å². The van der Waals surface area contributed by atoms with Crippen LogP contribution >= 0.6 is 0 Å². The van der Waals surface area contributed by atoms with Crippen LogP contribution in [0.5, 0.6) is 0 Å². The van der Waals surface area contributed by atoms with E-state index in [1.54, 1.807) is 7.11 Å². The van der Waals surface area contributed by atoms with Gasteiger partial charge >= 0.3 is 0 Å². The van der Waals surface area contributed by atoms with Gasteiger partial charge in [-0.1, -0.05) is 6.92 Å². The third-order valence-corrected chi connectivity index (χ3v) is 5.01. The summed E-state index contributed by atoms with van der Waals surface area (Å²) in [4.78, 5) is 11.9. The number of nitrogens with zero attached hydrogens (tertiary/aromatic N) is 1. The van der Waals surface area contributed by atoms with Crippen molar-refractivity contribution in [3.8, 4) is 0 Å². The third-order valence-electron chi connectivity index (χ3n) is 2.93. The van der Waals surface area contributed by atoms with Crippen molar-refractivity contribution in [1.82, 2.24) is 9.62 Å². The molecule has 0 aliphatic carbocycles. The van der Waals surface area contributed by atoms with Crippen LogP contribution in [0.3, 0.4) is 0 Å². The lowest BCUT2D eigenvalue weighted by Gasteiger charge is -2.23. The Morgan fingerprint density at radius 2 is 2.22 bits per heavy atom. The minimum absolute atomic E-state index is 0.106. The highest BCUT2D eigenvalue weighted by Gasteiger charge is 2.37. The highest BCUT2D eigenvalue weighted by Crippen LogP contribution is 2.21. The van der Waals surface area contributed by atoms with Crippen molar-refractivity contribution in [2.24, 2.45) is 0 Å². The Labute approximate surface area is 109 Å². The van der Waals surface area contributed by atoms with Crippen molar-refractivity contribution in [3.63, 3.8) is 0 Å². The summed E-state index contributed by atoms with van der Waals surface area (Å²) in [6, 6.07) is -0.543. The van der Waals surface area contributed by atoms with Crippen molar-refractivity contribution in [2.75, 3.05) is 32.6 Å². The maximum absolute atomic E-state index is 12.0. The van der Waals surface area contributed by atoms with E-state index in [9.17, 15) is 13.2 Å². The van der Waals surface area contributed by atoms with Gasteiger partial charge in [0.25, 0.3) is 0 Å². The summed E-state index contributed by atoms with van der Waals surface area (Å²) < 4.78 is 30.2. The first-order valence-electron chi connectivity index (χ1n) is 6.29. The molecule has 0 saturated carbocycles. The molecule has 1 fully saturated rings. The van der Waals surface area contributed by atoms with Gasteiger partial charge in [0.1, 0.15) is 6.04 Å². The Morgan fingerprint density at radius 1 is 1.50 bits per heavy atom. The van der Waals surface area contributed by atoms with Crippen molar-refractivity contribution in [2.45, 2.75) is 32.2 Å². The quantitative estimate of drug-likeness (QED) is 0.663. The molecule has 18 heavy (non-hydrogen) atoms. The van der Waals surface area contributed by atoms with Gasteiger partial charge in [-0.05, 0) is 19.3 Å². The molecule has 0 aromatic heterocycles. The monoisotopic (exact) mass is 278 g/mol. The van der Waals surface area contributed by atoms with Crippen LogP contribution in [0, 0.1) is 0 Å². The van der Waals surface area contributed by atoms with E-state index in [0.29, 0.717) is 32.5 Å². The Balaban J connectivity index is 2.61. The number of nitrogens with one attached hydrogen (secondary N) is 1. The van der Waals surface area contributed by atoms with E-state index in [-0.39, 0.29) is 11.7 Å². The van der Waals surface area contributed by atoms with Crippen LogP contribution in [0.15, 0.2) is 0 Å². The first-order valence-corrected chi connectivity index (χ1v) is 7.90. The average molecular weight is 278 g/mol. The number of carbonyl (C=O) groups is 1. The molecule has 1 unspecified atom stereocenters. The number of sulfonamides is 1. The second-order valence-electron chi connectivity index (χ2n) is 4.37. The minimum atomic E-state index is -3.29. The summed E-state index contributed by atoms with van der Waals surface area (Å²) >= 11 is 0. The molecule has 1 atom stereocenters. The van der Waals surface area contributed by atoms with E-state index in [1.165, 1.54) is 4.31 Å². The molecule has 1 aliphatic heterocycles. The van der Waals surface area contributed by atoms with E-state index < -0.39 is 16.1 Å². The van der Waals surface area contributed by atoms with Gasteiger partial charge < -0.3 is 10.1 Å². The molecule has 1 amide bonds. The van der Waals surface area contributed by atoms with Gasteiger partial charge in [-0.3, -0.25) is 4.79 Å². The molecular formula is C11H22N2O4S. The highest BCUT2D eigenvalue weighted by molar-refractivity contribution is 7.89. The van der Waals surface area contributed by atoms with Crippen LogP contribution < -0.4 is 5.32 Å². The van der Waals surface area contributed by atoms with E-state index >= 15 is 0 Å². The zero-order valence-electron chi connectivity index (χ0n) is 11.0. The lowest BCUT2D eigenvalue weighted by atomic mass is 10.2. The molecule has 1 N–H and O–H groups in total. The molecule has 0 bridgehead atoms. The standard InChI is InChI=1S/C11H22N2O4S/c1-3-9-18(15,16)13-7-4-5-10(13)11(14)12-6-8-17-2/h10H,3-9H2,1-2H3,(H,12,14). The first kappa shape index (κ1) is 15.4. The van der Waals surface area contributed by atoms with Crippen molar-refractivity contribution in [3.05, 3.63) is 0 Å². The zero-order chi connectivity index (χ0) is 13.6. The van der Waals surface area contributed by atoms with Crippen LogP contribution in [0.25, 0.3) is 0 Å². The van der Waals surface area contributed by atoms with Crippen LogP contribution in [0.4, 0.5) is 0 Å². The van der Waals surface area contributed by atoms with Gasteiger partial charge in [0.05, 0.1) is 12.4 Å². The molecule has 7 heteroatoms. The number of methoxy groups -OCH3 is 1. The fraction of sp³-hybridized carbons (Fsp3) is 0.909. The summed E-state index contributed by atoms with van der Waals surface area (Å²) in [5, 5.41) is 2.70.